The van der Waals surface area contributed by atoms with Crippen molar-refractivity contribution in [3.05, 3.63) is 0 Å². The molecule has 0 amide bonds. The maximum Gasteiger partial charge on any atom is 0.331 e. The maximum atomic E-state index is 11.7. The average molecular weight is 553 g/mol. The van der Waals surface area contributed by atoms with Crippen LogP contribution in [0.3, 0.4) is 0 Å². The van der Waals surface area contributed by atoms with Gasteiger partial charge in [-0.05, 0) is 6.42 Å². The summed E-state index contributed by atoms with van der Waals surface area (Å²) in [6, 6.07) is 0. The average Bonchev–Trinajstić information content (AvgIpc) is 2.92. The van der Waals surface area contributed by atoms with E-state index in [-0.39, 0.29) is 19.2 Å². The molecule has 0 aromatic carbocycles. The Labute approximate surface area is 229 Å². The Bertz CT molecular complexity index is 505. The van der Waals surface area contributed by atoms with Crippen molar-refractivity contribution in [2.24, 2.45) is 0 Å². The molecule has 0 bridgehead atoms. The molecule has 0 aliphatic heterocycles. The molecule has 38 heavy (non-hydrogen) atoms. The Morgan fingerprint density at radius 2 is 0.816 bits per heavy atom. The van der Waals surface area contributed by atoms with Gasteiger partial charge in [0.15, 0.2) is 0 Å². The number of hydrogen-bond acceptors (Lipinski definition) is 11. The highest BCUT2D eigenvalue weighted by molar-refractivity contribution is 5.70. The molecule has 11 nitrogen and oxygen atoms in total. The minimum Gasteiger partial charge on any atom is -0.467 e. The van der Waals surface area contributed by atoms with E-state index in [2.05, 4.69) is 11.7 Å². The van der Waals surface area contributed by atoms with Crippen LogP contribution in [0.4, 0.5) is 0 Å². The zero-order valence-corrected chi connectivity index (χ0v) is 23.8. The van der Waals surface area contributed by atoms with Gasteiger partial charge in [0, 0.05) is 6.42 Å². The second-order valence-corrected chi connectivity index (χ2v) is 8.39. The van der Waals surface area contributed by atoms with Crippen LogP contribution in [-0.4, -0.2) is 118 Å². The van der Waals surface area contributed by atoms with Gasteiger partial charge >= 0.3 is 11.9 Å². The molecule has 0 fully saturated rings. The first kappa shape index (κ1) is 36.7. The lowest BCUT2D eigenvalue weighted by atomic mass is 10.1. The van der Waals surface area contributed by atoms with Crippen molar-refractivity contribution in [1.29, 1.82) is 0 Å². The van der Waals surface area contributed by atoms with Gasteiger partial charge in [-0.25, -0.2) is 4.79 Å². The van der Waals surface area contributed by atoms with Gasteiger partial charge in [0.05, 0.1) is 93.0 Å². The molecule has 0 aliphatic carbocycles. The topological polar surface area (TPSA) is 117 Å². The summed E-state index contributed by atoms with van der Waals surface area (Å²) in [5.74, 6) is -0.551. The third kappa shape index (κ3) is 30.9. The number of carbonyl (C=O) groups excluding carboxylic acids is 2. The molecule has 0 aromatic rings. The lowest BCUT2D eigenvalue weighted by Crippen LogP contribution is -2.16. The van der Waals surface area contributed by atoms with E-state index in [1.54, 1.807) is 0 Å². The van der Waals surface area contributed by atoms with E-state index in [0.717, 1.165) is 12.8 Å². The van der Waals surface area contributed by atoms with Crippen molar-refractivity contribution in [3.8, 4) is 0 Å². The molecule has 0 heterocycles. The van der Waals surface area contributed by atoms with Crippen LogP contribution in [0.1, 0.15) is 58.3 Å². The molecule has 0 aliphatic rings. The van der Waals surface area contributed by atoms with E-state index in [9.17, 15) is 9.59 Å². The molecule has 0 aromatic heterocycles. The molecule has 226 valence electrons. The summed E-state index contributed by atoms with van der Waals surface area (Å²) in [5.41, 5.74) is 0. The quantitative estimate of drug-likeness (QED) is 0.0933. The number of hydrogen-bond donors (Lipinski definition) is 0. The van der Waals surface area contributed by atoms with Gasteiger partial charge < -0.3 is 42.6 Å². The molecule has 0 atom stereocenters. The minimum absolute atomic E-state index is 0.0695. The van der Waals surface area contributed by atoms with Crippen molar-refractivity contribution >= 4 is 11.9 Å². The zero-order chi connectivity index (χ0) is 27.8. The molecule has 0 radical (unpaired) electrons. The highest BCUT2D eigenvalue weighted by atomic mass is 16.6. The van der Waals surface area contributed by atoms with Crippen molar-refractivity contribution in [2.45, 2.75) is 58.3 Å². The van der Waals surface area contributed by atoms with Gasteiger partial charge in [-0.2, -0.15) is 0 Å². The maximum absolute atomic E-state index is 11.7. The van der Waals surface area contributed by atoms with Crippen LogP contribution in [0, 0.1) is 0 Å². The normalized spacial score (nSPS) is 11.1. The fourth-order valence-corrected chi connectivity index (χ4v) is 3.05. The van der Waals surface area contributed by atoms with Crippen molar-refractivity contribution in [1.82, 2.24) is 0 Å². The first-order valence-electron chi connectivity index (χ1n) is 14.0. The predicted octanol–water partition coefficient (Wildman–Crippen LogP) is 2.96. The van der Waals surface area contributed by atoms with Crippen LogP contribution in [0.25, 0.3) is 0 Å². The third-order valence-corrected chi connectivity index (χ3v) is 5.15. The monoisotopic (exact) mass is 552 g/mol. The van der Waals surface area contributed by atoms with Gasteiger partial charge in [-0.3, -0.25) is 4.79 Å². The summed E-state index contributed by atoms with van der Waals surface area (Å²) in [4.78, 5) is 22.5. The Morgan fingerprint density at radius 1 is 0.447 bits per heavy atom. The molecule has 0 spiro atoms. The summed E-state index contributed by atoms with van der Waals surface area (Å²) in [5, 5.41) is 0. The molecular formula is C27H52O11. The molecule has 0 saturated carbocycles. The van der Waals surface area contributed by atoms with Gasteiger partial charge in [0.2, 0.25) is 0 Å². The zero-order valence-electron chi connectivity index (χ0n) is 23.8. The number of esters is 2. The van der Waals surface area contributed by atoms with Crippen LogP contribution < -0.4 is 0 Å². The first-order valence-corrected chi connectivity index (χ1v) is 14.0. The predicted molar refractivity (Wildman–Crippen MR) is 141 cm³/mol. The molecule has 0 unspecified atom stereocenters. The highest BCUT2D eigenvalue weighted by Gasteiger charge is 2.03. The Balaban J connectivity index is 3.12. The molecule has 0 N–H and O–H groups in total. The van der Waals surface area contributed by atoms with Gasteiger partial charge in [0.25, 0.3) is 0 Å². The van der Waals surface area contributed by atoms with Crippen molar-refractivity contribution < 1.29 is 52.2 Å². The molecule has 11 heteroatoms. The first-order chi connectivity index (χ1) is 18.7. The third-order valence-electron chi connectivity index (χ3n) is 5.15. The standard InChI is InChI=1S/C27H52O11/c1-3-4-5-6-7-8-9-10-26(28)38-24-23-36-20-19-34-16-15-32-12-11-31-13-14-33-17-18-35-21-22-37-25-27(29)30-2/h3-25H2,1-2H3. The van der Waals surface area contributed by atoms with E-state index >= 15 is 0 Å². The van der Waals surface area contributed by atoms with Crippen molar-refractivity contribution in [3.63, 3.8) is 0 Å². The van der Waals surface area contributed by atoms with Crippen LogP contribution in [-0.2, 0) is 52.2 Å². The number of unbranched alkanes of at least 4 members (excludes halogenated alkanes) is 6. The summed E-state index contributed by atoms with van der Waals surface area (Å²) < 4.78 is 47.1. The van der Waals surface area contributed by atoms with Gasteiger partial charge in [-0.1, -0.05) is 45.4 Å². The van der Waals surface area contributed by atoms with E-state index in [1.807, 2.05) is 0 Å². The van der Waals surface area contributed by atoms with Crippen molar-refractivity contribution in [2.75, 3.05) is 106 Å². The van der Waals surface area contributed by atoms with Gasteiger partial charge in [-0.15, -0.1) is 0 Å². The second kappa shape index (κ2) is 31.9. The molecule has 0 saturated heterocycles. The fourth-order valence-electron chi connectivity index (χ4n) is 3.05. The fraction of sp³-hybridized carbons (Fsp3) is 0.926. The number of methoxy groups -OCH3 is 1. The smallest absolute Gasteiger partial charge is 0.331 e. The van der Waals surface area contributed by atoms with Crippen LogP contribution in [0.15, 0.2) is 0 Å². The molecule has 0 rings (SSSR count). The summed E-state index contributed by atoms with van der Waals surface area (Å²) >= 11 is 0. The number of rotatable bonds is 31. The van der Waals surface area contributed by atoms with E-state index in [0.29, 0.717) is 92.3 Å². The van der Waals surface area contributed by atoms with E-state index in [1.165, 1.54) is 39.2 Å². The SMILES string of the molecule is CCCCCCCCCC(=O)OCCOCCOCCOCCOCCOCCOCCOCC(=O)OC. The lowest BCUT2D eigenvalue weighted by Gasteiger charge is -2.08. The Hall–Kier alpha value is -1.34. The van der Waals surface area contributed by atoms with Crippen LogP contribution in [0.5, 0.6) is 0 Å². The molecular weight excluding hydrogens is 500 g/mol. The van der Waals surface area contributed by atoms with Crippen LogP contribution >= 0.6 is 0 Å². The summed E-state index contributed by atoms with van der Waals surface area (Å²) in [6.07, 6.45) is 8.79. The second-order valence-electron chi connectivity index (χ2n) is 8.39. The number of ether oxygens (including phenoxy) is 9. The van der Waals surface area contributed by atoms with Gasteiger partial charge in [0.1, 0.15) is 13.2 Å². The number of carbonyl (C=O) groups is 2. The Kier molecular flexibility index (Phi) is 30.8. The largest absolute Gasteiger partial charge is 0.467 e. The van der Waals surface area contributed by atoms with E-state index < -0.39 is 5.97 Å². The summed E-state index contributed by atoms with van der Waals surface area (Å²) in [6.45, 7) is 8.23. The summed E-state index contributed by atoms with van der Waals surface area (Å²) in [7, 11) is 1.31. The minimum atomic E-state index is -0.407. The lowest BCUT2D eigenvalue weighted by molar-refractivity contribution is -0.146. The van der Waals surface area contributed by atoms with Crippen LogP contribution in [0.2, 0.25) is 0 Å². The Morgan fingerprint density at radius 3 is 1.24 bits per heavy atom. The highest BCUT2D eigenvalue weighted by Crippen LogP contribution is 2.08. The van der Waals surface area contributed by atoms with E-state index in [4.69, 9.17) is 37.9 Å².